The summed E-state index contributed by atoms with van der Waals surface area (Å²) in [5, 5.41) is 30.2. The number of ether oxygens (including phenoxy) is 1. The van der Waals surface area contributed by atoms with Crippen LogP contribution in [0.3, 0.4) is 0 Å². The fourth-order valence-corrected chi connectivity index (χ4v) is 3.17. The van der Waals surface area contributed by atoms with Gasteiger partial charge in [-0.05, 0) is 38.1 Å². The van der Waals surface area contributed by atoms with E-state index >= 15 is 0 Å². The van der Waals surface area contributed by atoms with Crippen LogP contribution in [-0.4, -0.2) is 27.0 Å². The number of phenols is 2. The molecule has 26 heavy (non-hydrogen) atoms. The number of hydrogen-bond donors (Lipinski definition) is 3. The second-order valence-electron chi connectivity index (χ2n) is 7.02. The van der Waals surface area contributed by atoms with Crippen molar-refractivity contribution in [3.8, 4) is 28.6 Å². The first kappa shape index (κ1) is 16.5. The van der Waals surface area contributed by atoms with Gasteiger partial charge in [0.2, 0.25) is 0 Å². The molecule has 1 aromatic heterocycles. The third-order valence-electron chi connectivity index (χ3n) is 4.78. The van der Waals surface area contributed by atoms with Crippen LogP contribution in [0, 0.1) is 0 Å². The molecule has 6 nitrogen and oxygen atoms in total. The van der Waals surface area contributed by atoms with Crippen molar-refractivity contribution in [2.75, 3.05) is 0 Å². The third kappa shape index (κ3) is 2.50. The van der Waals surface area contributed by atoms with Crippen LogP contribution in [0.15, 0.2) is 45.6 Å². The Balaban J connectivity index is 1.94. The maximum Gasteiger partial charge on any atom is 0.197 e. The first-order valence-corrected chi connectivity index (χ1v) is 8.25. The summed E-state index contributed by atoms with van der Waals surface area (Å²) in [7, 11) is 0. The largest absolute Gasteiger partial charge is 0.508 e. The predicted octanol–water partition coefficient (Wildman–Crippen LogP) is 2.95. The molecule has 6 heteroatoms. The van der Waals surface area contributed by atoms with Gasteiger partial charge in [-0.1, -0.05) is 0 Å². The molecule has 4 rings (SSSR count). The van der Waals surface area contributed by atoms with E-state index in [2.05, 4.69) is 0 Å². The van der Waals surface area contributed by atoms with Crippen molar-refractivity contribution in [2.45, 2.75) is 32.0 Å². The van der Waals surface area contributed by atoms with Crippen LogP contribution in [0.4, 0.5) is 0 Å². The smallest absolute Gasteiger partial charge is 0.197 e. The lowest BCUT2D eigenvalue weighted by Crippen LogP contribution is -2.46. The highest BCUT2D eigenvalue weighted by molar-refractivity contribution is 5.88. The molecule has 2 aromatic carbocycles. The lowest BCUT2D eigenvalue weighted by molar-refractivity contribution is -0.0415. The summed E-state index contributed by atoms with van der Waals surface area (Å²) in [6, 6.07) is 9.13. The van der Waals surface area contributed by atoms with Crippen molar-refractivity contribution in [2.24, 2.45) is 0 Å². The molecule has 2 heterocycles. The van der Waals surface area contributed by atoms with E-state index < -0.39 is 17.1 Å². The van der Waals surface area contributed by atoms with E-state index in [1.165, 1.54) is 18.2 Å². The standard InChI is InChI=1S/C20H18O6/c1-20(2)17(23)7-12-15(26-20)9-16-18(19(12)24)13(22)8-14(25-16)10-3-5-11(21)6-4-10/h3-6,8-9,17,21,23-24H,7H2,1-2H3/t17-/m0/s1. The Morgan fingerprint density at radius 3 is 2.50 bits per heavy atom. The van der Waals surface area contributed by atoms with Crippen molar-refractivity contribution in [1.82, 2.24) is 0 Å². The maximum absolute atomic E-state index is 12.6. The predicted molar refractivity (Wildman–Crippen MR) is 95.7 cm³/mol. The van der Waals surface area contributed by atoms with Crippen molar-refractivity contribution in [1.29, 1.82) is 0 Å². The second kappa shape index (κ2) is 5.51. The Bertz CT molecular complexity index is 1060. The summed E-state index contributed by atoms with van der Waals surface area (Å²) >= 11 is 0. The van der Waals surface area contributed by atoms with Gasteiger partial charge in [-0.2, -0.15) is 0 Å². The summed E-state index contributed by atoms with van der Waals surface area (Å²) in [6.45, 7) is 3.51. The number of aliphatic hydroxyl groups excluding tert-OH is 1. The van der Waals surface area contributed by atoms with Crippen LogP contribution in [0.2, 0.25) is 0 Å². The molecule has 0 spiro atoms. The minimum Gasteiger partial charge on any atom is -0.508 e. The molecule has 1 aliphatic rings. The van der Waals surface area contributed by atoms with E-state index in [0.717, 1.165) is 0 Å². The fourth-order valence-electron chi connectivity index (χ4n) is 3.17. The SMILES string of the molecule is CC1(C)Oc2cc3oc(-c4ccc(O)cc4)cc(=O)c3c(O)c2C[C@@H]1O. The molecular weight excluding hydrogens is 336 g/mol. The molecule has 0 unspecified atom stereocenters. The Labute approximate surface area is 148 Å². The average molecular weight is 354 g/mol. The van der Waals surface area contributed by atoms with Crippen LogP contribution in [0.5, 0.6) is 17.2 Å². The molecule has 0 aliphatic carbocycles. The number of benzene rings is 2. The van der Waals surface area contributed by atoms with Crippen LogP contribution in [0.25, 0.3) is 22.3 Å². The van der Waals surface area contributed by atoms with Gasteiger partial charge < -0.3 is 24.5 Å². The van der Waals surface area contributed by atoms with E-state index in [0.29, 0.717) is 22.6 Å². The van der Waals surface area contributed by atoms with Gasteiger partial charge in [0.1, 0.15) is 39.6 Å². The molecule has 0 amide bonds. The highest BCUT2D eigenvalue weighted by atomic mass is 16.5. The Morgan fingerprint density at radius 1 is 1.12 bits per heavy atom. The van der Waals surface area contributed by atoms with Gasteiger partial charge in [-0.3, -0.25) is 4.79 Å². The zero-order chi connectivity index (χ0) is 18.6. The number of phenolic OH excluding ortho intramolecular Hbond substituents is 2. The van der Waals surface area contributed by atoms with Crippen LogP contribution >= 0.6 is 0 Å². The number of aromatic hydroxyl groups is 2. The van der Waals surface area contributed by atoms with Gasteiger partial charge in [0.15, 0.2) is 5.43 Å². The maximum atomic E-state index is 12.6. The summed E-state index contributed by atoms with van der Waals surface area (Å²) in [5.41, 5.74) is 0.00442. The van der Waals surface area contributed by atoms with Crippen LogP contribution in [-0.2, 0) is 6.42 Å². The van der Waals surface area contributed by atoms with E-state index in [9.17, 15) is 20.1 Å². The van der Waals surface area contributed by atoms with E-state index in [1.54, 1.807) is 32.0 Å². The van der Waals surface area contributed by atoms with E-state index in [4.69, 9.17) is 9.15 Å². The molecule has 134 valence electrons. The van der Waals surface area contributed by atoms with Gasteiger partial charge in [0.25, 0.3) is 0 Å². The average Bonchev–Trinajstić information content (AvgIpc) is 2.57. The highest BCUT2D eigenvalue weighted by Crippen LogP contribution is 2.42. The van der Waals surface area contributed by atoms with Crippen LogP contribution < -0.4 is 10.2 Å². The van der Waals surface area contributed by atoms with Gasteiger partial charge in [-0.15, -0.1) is 0 Å². The lowest BCUT2D eigenvalue weighted by Gasteiger charge is -2.37. The zero-order valence-electron chi connectivity index (χ0n) is 14.3. The third-order valence-corrected chi connectivity index (χ3v) is 4.78. The molecular formula is C20H18O6. The summed E-state index contributed by atoms with van der Waals surface area (Å²) in [5.74, 6) is 0.587. The first-order chi connectivity index (χ1) is 12.3. The molecule has 0 fully saturated rings. The van der Waals surface area contributed by atoms with Crippen molar-refractivity contribution in [3.05, 3.63) is 52.2 Å². The zero-order valence-corrected chi connectivity index (χ0v) is 14.3. The Kier molecular flexibility index (Phi) is 3.49. The molecule has 0 radical (unpaired) electrons. The Morgan fingerprint density at radius 2 is 1.81 bits per heavy atom. The van der Waals surface area contributed by atoms with Gasteiger partial charge >= 0.3 is 0 Å². The number of fused-ring (bicyclic) bond motifs is 2. The van der Waals surface area contributed by atoms with Crippen LogP contribution in [0.1, 0.15) is 19.4 Å². The number of rotatable bonds is 1. The topological polar surface area (TPSA) is 100 Å². The minimum atomic E-state index is -0.817. The lowest BCUT2D eigenvalue weighted by atomic mass is 9.90. The van der Waals surface area contributed by atoms with E-state index in [-0.39, 0.29) is 28.9 Å². The molecule has 0 saturated carbocycles. The van der Waals surface area contributed by atoms with Crippen molar-refractivity contribution in [3.63, 3.8) is 0 Å². The highest BCUT2D eigenvalue weighted by Gasteiger charge is 2.37. The quantitative estimate of drug-likeness (QED) is 0.621. The Hall–Kier alpha value is -2.99. The first-order valence-electron chi connectivity index (χ1n) is 8.25. The molecule has 0 bridgehead atoms. The van der Waals surface area contributed by atoms with Crippen molar-refractivity contribution >= 4 is 11.0 Å². The summed E-state index contributed by atoms with van der Waals surface area (Å²) in [4.78, 5) is 12.6. The molecule has 1 aliphatic heterocycles. The van der Waals surface area contributed by atoms with E-state index in [1.807, 2.05) is 0 Å². The van der Waals surface area contributed by atoms with Gasteiger partial charge in [0.05, 0.1) is 6.10 Å². The van der Waals surface area contributed by atoms with Gasteiger partial charge in [-0.25, -0.2) is 0 Å². The van der Waals surface area contributed by atoms with Crippen molar-refractivity contribution < 1.29 is 24.5 Å². The number of aliphatic hydroxyl groups is 1. The second-order valence-corrected chi connectivity index (χ2v) is 7.02. The number of hydrogen-bond acceptors (Lipinski definition) is 6. The molecule has 0 saturated heterocycles. The molecule has 1 atom stereocenters. The minimum absolute atomic E-state index is 0.0572. The normalized spacial score (nSPS) is 18.3. The van der Waals surface area contributed by atoms with Gasteiger partial charge in [0, 0.05) is 29.7 Å². The molecule has 3 N–H and O–H groups in total. The summed E-state index contributed by atoms with van der Waals surface area (Å²) in [6.07, 6.45) is -0.620. The summed E-state index contributed by atoms with van der Waals surface area (Å²) < 4.78 is 11.6. The molecule has 3 aromatic rings. The monoisotopic (exact) mass is 354 g/mol. The fraction of sp³-hybridized carbons (Fsp3) is 0.250.